The number of aryl methyl sites for hydroxylation is 1. The van der Waals surface area contributed by atoms with Crippen molar-refractivity contribution >= 4 is 28.2 Å². The van der Waals surface area contributed by atoms with Crippen molar-refractivity contribution in [1.82, 2.24) is 19.2 Å². The SMILES string of the molecule is Cc1nn2c(ncc3c(=O)n(Cc4ccc5c(c4)OCCCO5)ccc32)c1-c1ccc(Cl)cc1. The summed E-state index contributed by atoms with van der Waals surface area (Å²) in [6.07, 6.45) is 4.28. The zero-order valence-corrected chi connectivity index (χ0v) is 19.2. The van der Waals surface area contributed by atoms with Gasteiger partial charge in [0.1, 0.15) is 0 Å². The van der Waals surface area contributed by atoms with Crippen molar-refractivity contribution in [3.63, 3.8) is 0 Å². The van der Waals surface area contributed by atoms with Crippen molar-refractivity contribution in [2.45, 2.75) is 19.9 Å². The van der Waals surface area contributed by atoms with Gasteiger partial charge in [-0.05, 0) is 48.4 Å². The van der Waals surface area contributed by atoms with Gasteiger partial charge in [0.05, 0.1) is 36.4 Å². The van der Waals surface area contributed by atoms with Crippen LogP contribution in [0.25, 0.3) is 27.7 Å². The molecule has 0 unspecified atom stereocenters. The first kappa shape index (κ1) is 20.7. The van der Waals surface area contributed by atoms with Crippen molar-refractivity contribution in [2.24, 2.45) is 0 Å². The van der Waals surface area contributed by atoms with Gasteiger partial charge in [0, 0.05) is 29.4 Å². The summed E-state index contributed by atoms with van der Waals surface area (Å²) >= 11 is 6.05. The Labute approximate surface area is 200 Å². The molecule has 1 aliphatic heterocycles. The van der Waals surface area contributed by atoms with E-state index < -0.39 is 0 Å². The molecule has 4 heterocycles. The van der Waals surface area contributed by atoms with E-state index in [4.69, 9.17) is 26.2 Å². The summed E-state index contributed by atoms with van der Waals surface area (Å²) in [7, 11) is 0. The van der Waals surface area contributed by atoms with Crippen molar-refractivity contribution in [2.75, 3.05) is 13.2 Å². The lowest BCUT2D eigenvalue weighted by atomic mass is 10.1. The Balaban J connectivity index is 1.41. The van der Waals surface area contributed by atoms with Crippen LogP contribution in [0, 0.1) is 6.92 Å². The van der Waals surface area contributed by atoms with Gasteiger partial charge < -0.3 is 14.0 Å². The lowest BCUT2D eigenvalue weighted by Gasteiger charge is -2.11. The van der Waals surface area contributed by atoms with Crippen LogP contribution in [-0.2, 0) is 6.54 Å². The third-order valence-electron chi connectivity index (χ3n) is 6.06. The molecule has 0 saturated carbocycles. The van der Waals surface area contributed by atoms with Crippen LogP contribution in [0.2, 0.25) is 5.02 Å². The lowest BCUT2D eigenvalue weighted by molar-refractivity contribution is 0.297. The molecule has 5 aromatic rings. The maximum Gasteiger partial charge on any atom is 0.261 e. The predicted molar refractivity (Wildman–Crippen MR) is 131 cm³/mol. The second kappa shape index (κ2) is 8.18. The van der Waals surface area contributed by atoms with E-state index >= 15 is 0 Å². The largest absolute Gasteiger partial charge is 0.490 e. The molecule has 170 valence electrons. The van der Waals surface area contributed by atoms with Gasteiger partial charge in [-0.3, -0.25) is 4.79 Å². The second-order valence-corrected chi connectivity index (χ2v) is 8.78. The number of fused-ring (bicyclic) bond motifs is 4. The van der Waals surface area contributed by atoms with Crippen LogP contribution in [0.5, 0.6) is 11.5 Å². The Morgan fingerprint density at radius 2 is 1.82 bits per heavy atom. The van der Waals surface area contributed by atoms with Crippen LogP contribution in [0.3, 0.4) is 0 Å². The Morgan fingerprint density at radius 3 is 2.65 bits per heavy atom. The first-order valence-electron chi connectivity index (χ1n) is 11.1. The number of pyridine rings is 1. The molecule has 3 aromatic heterocycles. The van der Waals surface area contributed by atoms with E-state index in [0.29, 0.717) is 47.1 Å². The van der Waals surface area contributed by atoms with Crippen molar-refractivity contribution in [3.8, 4) is 22.6 Å². The first-order chi connectivity index (χ1) is 16.6. The molecule has 0 fully saturated rings. The first-order valence-corrected chi connectivity index (χ1v) is 11.5. The molecule has 2 aromatic carbocycles. The number of halogens is 1. The molecule has 6 rings (SSSR count). The van der Waals surface area contributed by atoms with Crippen LogP contribution in [-0.4, -0.2) is 32.4 Å². The van der Waals surface area contributed by atoms with Gasteiger partial charge >= 0.3 is 0 Å². The summed E-state index contributed by atoms with van der Waals surface area (Å²) in [5.41, 5.74) is 4.99. The highest BCUT2D eigenvalue weighted by Gasteiger charge is 2.17. The normalized spacial score (nSPS) is 13.4. The van der Waals surface area contributed by atoms with Crippen LogP contribution in [0.15, 0.2) is 65.7 Å². The van der Waals surface area contributed by atoms with Crippen molar-refractivity contribution in [3.05, 3.63) is 87.6 Å². The number of hydrogen-bond acceptors (Lipinski definition) is 5. The fourth-order valence-electron chi connectivity index (χ4n) is 4.40. The summed E-state index contributed by atoms with van der Waals surface area (Å²) in [6.45, 7) is 3.62. The van der Waals surface area contributed by atoms with E-state index in [9.17, 15) is 4.79 Å². The molecule has 1 aliphatic rings. The number of hydrogen-bond donors (Lipinski definition) is 0. The summed E-state index contributed by atoms with van der Waals surface area (Å²) < 4.78 is 14.9. The maximum absolute atomic E-state index is 13.3. The fourth-order valence-corrected chi connectivity index (χ4v) is 4.52. The zero-order chi connectivity index (χ0) is 23.2. The Kier molecular flexibility index (Phi) is 4.99. The Hall–Kier alpha value is -3.84. The van der Waals surface area contributed by atoms with Crippen molar-refractivity contribution in [1.29, 1.82) is 0 Å². The van der Waals surface area contributed by atoms with Gasteiger partial charge in [0.2, 0.25) is 0 Å². The monoisotopic (exact) mass is 472 g/mol. The smallest absolute Gasteiger partial charge is 0.261 e. The minimum atomic E-state index is -0.125. The van der Waals surface area contributed by atoms with E-state index in [1.807, 2.05) is 55.5 Å². The van der Waals surface area contributed by atoms with Crippen LogP contribution in [0.4, 0.5) is 0 Å². The van der Waals surface area contributed by atoms with Gasteiger partial charge in [-0.25, -0.2) is 9.50 Å². The molecule has 0 aliphatic carbocycles. The highest BCUT2D eigenvalue weighted by molar-refractivity contribution is 6.30. The van der Waals surface area contributed by atoms with Gasteiger partial charge in [-0.2, -0.15) is 5.10 Å². The Morgan fingerprint density at radius 1 is 1.03 bits per heavy atom. The predicted octanol–water partition coefficient (Wildman–Crippen LogP) is 4.88. The third kappa shape index (κ3) is 3.49. The molecule has 0 bridgehead atoms. The molecular weight excluding hydrogens is 452 g/mol. The molecule has 0 N–H and O–H groups in total. The van der Waals surface area contributed by atoms with E-state index in [1.165, 1.54) is 0 Å². The number of ether oxygens (including phenoxy) is 2. The van der Waals surface area contributed by atoms with Gasteiger partial charge in [0.25, 0.3) is 5.56 Å². The van der Waals surface area contributed by atoms with Crippen molar-refractivity contribution < 1.29 is 9.47 Å². The van der Waals surface area contributed by atoms with E-state index in [2.05, 4.69) is 4.98 Å². The van der Waals surface area contributed by atoms with Gasteiger partial charge in [0.15, 0.2) is 17.1 Å². The number of aromatic nitrogens is 4. The molecule has 0 radical (unpaired) electrons. The summed E-state index contributed by atoms with van der Waals surface area (Å²) in [5.74, 6) is 1.46. The molecule has 0 atom stereocenters. The number of benzene rings is 2. The third-order valence-corrected chi connectivity index (χ3v) is 6.31. The van der Waals surface area contributed by atoms with E-state index in [0.717, 1.165) is 34.6 Å². The minimum absolute atomic E-state index is 0.125. The molecule has 0 spiro atoms. The highest BCUT2D eigenvalue weighted by atomic mass is 35.5. The summed E-state index contributed by atoms with van der Waals surface area (Å²) in [5, 5.41) is 5.87. The summed E-state index contributed by atoms with van der Waals surface area (Å²) in [6, 6.07) is 15.3. The maximum atomic E-state index is 13.3. The lowest BCUT2D eigenvalue weighted by Crippen LogP contribution is -2.21. The zero-order valence-electron chi connectivity index (χ0n) is 18.5. The number of nitrogens with zero attached hydrogens (tertiary/aromatic N) is 4. The topological polar surface area (TPSA) is 70.7 Å². The van der Waals surface area contributed by atoms with Crippen LogP contribution in [0.1, 0.15) is 17.7 Å². The molecule has 8 heteroatoms. The van der Waals surface area contributed by atoms with Gasteiger partial charge in [-0.1, -0.05) is 29.8 Å². The standard InChI is InChI=1S/C26H21ClN4O3/c1-16-24(18-4-6-19(27)7-5-18)25-28-14-20-21(31(25)29-16)9-10-30(26(20)32)15-17-3-8-22-23(13-17)34-12-2-11-33-22/h3-10,13-14H,2,11-12,15H2,1H3. The fraction of sp³-hybridized carbons (Fsp3) is 0.192. The molecular formula is C26H21ClN4O3. The number of rotatable bonds is 3. The van der Waals surface area contributed by atoms with Gasteiger partial charge in [-0.15, -0.1) is 0 Å². The minimum Gasteiger partial charge on any atom is -0.490 e. The average molecular weight is 473 g/mol. The van der Waals surface area contributed by atoms with Crippen LogP contribution < -0.4 is 15.0 Å². The highest BCUT2D eigenvalue weighted by Crippen LogP contribution is 2.31. The quantitative estimate of drug-likeness (QED) is 0.374. The molecule has 34 heavy (non-hydrogen) atoms. The Bertz CT molecular complexity index is 1610. The molecule has 7 nitrogen and oxygen atoms in total. The second-order valence-electron chi connectivity index (χ2n) is 8.34. The molecule has 0 amide bonds. The average Bonchev–Trinajstić information content (AvgIpc) is 3.01. The van der Waals surface area contributed by atoms with Crippen LogP contribution >= 0.6 is 11.6 Å². The van der Waals surface area contributed by atoms with E-state index in [1.54, 1.807) is 21.5 Å². The molecule has 0 saturated heterocycles. The van der Waals surface area contributed by atoms with E-state index in [-0.39, 0.29) is 5.56 Å². The summed E-state index contributed by atoms with van der Waals surface area (Å²) in [4.78, 5) is 18.0.